The Labute approximate surface area is 145 Å². The van der Waals surface area contributed by atoms with Crippen LogP contribution in [-0.2, 0) is 6.42 Å². The minimum atomic E-state index is -0.113. The fourth-order valence-electron chi connectivity index (χ4n) is 3.40. The van der Waals surface area contributed by atoms with Gasteiger partial charge in [0.2, 0.25) is 0 Å². The standard InChI is InChI=1S/C19H19N3O3/c1-3-25-18-9-15-14(8-17(18)24-2)19(23)22-13(10-21-15)6-11-4-5-12(20)7-16(11)22/h4-5,7-10,13H,3,6,20H2,1-2H3/t13-/m0/s1. The molecule has 2 heterocycles. The van der Waals surface area contributed by atoms with Gasteiger partial charge in [-0.05, 0) is 30.7 Å². The van der Waals surface area contributed by atoms with Gasteiger partial charge in [-0.15, -0.1) is 0 Å². The Bertz CT molecular complexity index is 892. The van der Waals surface area contributed by atoms with Crippen molar-refractivity contribution in [3.05, 3.63) is 41.5 Å². The molecule has 0 aromatic heterocycles. The van der Waals surface area contributed by atoms with Crippen LogP contribution in [0.5, 0.6) is 11.5 Å². The molecule has 2 aromatic carbocycles. The number of nitrogen functional groups attached to an aromatic ring is 1. The molecule has 0 spiro atoms. The monoisotopic (exact) mass is 337 g/mol. The Morgan fingerprint density at radius 3 is 2.88 bits per heavy atom. The highest BCUT2D eigenvalue weighted by atomic mass is 16.5. The van der Waals surface area contributed by atoms with Crippen LogP contribution < -0.4 is 20.1 Å². The van der Waals surface area contributed by atoms with Crippen LogP contribution in [0.1, 0.15) is 22.8 Å². The van der Waals surface area contributed by atoms with E-state index in [2.05, 4.69) is 4.99 Å². The van der Waals surface area contributed by atoms with Crippen LogP contribution in [0.2, 0.25) is 0 Å². The molecule has 0 radical (unpaired) electrons. The maximum Gasteiger partial charge on any atom is 0.261 e. The zero-order valence-corrected chi connectivity index (χ0v) is 14.2. The predicted molar refractivity (Wildman–Crippen MR) is 97.5 cm³/mol. The van der Waals surface area contributed by atoms with E-state index in [1.165, 1.54) is 0 Å². The van der Waals surface area contributed by atoms with Crippen molar-refractivity contribution in [1.82, 2.24) is 0 Å². The molecule has 4 rings (SSSR count). The van der Waals surface area contributed by atoms with Crippen LogP contribution >= 0.6 is 0 Å². The number of nitrogens with zero attached hydrogens (tertiary/aromatic N) is 2. The minimum absolute atomic E-state index is 0.108. The number of hydrogen-bond donors (Lipinski definition) is 1. The average Bonchev–Trinajstić information content (AvgIpc) is 2.90. The number of rotatable bonds is 3. The number of carbonyl (C=O) groups is 1. The molecule has 25 heavy (non-hydrogen) atoms. The molecule has 0 saturated heterocycles. The number of fused-ring (bicyclic) bond motifs is 4. The van der Waals surface area contributed by atoms with Gasteiger partial charge in [0.05, 0.1) is 36.7 Å². The Kier molecular flexibility index (Phi) is 3.60. The van der Waals surface area contributed by atoms with Gasteiger partial charge in [0.25, 0.3) is 5.91 Å². The first-order valence-corrected chi connectivity index (χ1v) is 8.23. The Morgan fingerprint density at radius 2 is 2.12 bits per heavy atom. The SMILES string of the molecule is CCOc1cc2c(cc1OC)C(=O)N1c3cc(N)ccc3C[C@H]1C=N2. The van der Waals surface area contributed by atoms with E-state index in [-0.39, 0.29) is 11.9 Å². The van der Waals surface area contributed by atoms with Crippen molar-refractivity contribution in [2.75, 3.05) is 24.4 Å². The van der Waals surface area contributed by atoms with Crippen LogP contribution in [-0.4, -0.2) is 31.9 Å². The topological polar surface area (TPSA) is 77.2 Å². The lowest BCUT2D eigenvalue weighted by molar-refractivity contribution is 0.0986. The lowest BCUT2D eigenvalue weighted by Gasteiger charge is -2.22. The van der Waals surface area contributed by atoms with Crippen molar-refractivity contribution < 1.29 is 14.3 Å². The Balaban J connectivity index is 1.84. The third kappa shape index (κ3) is 2.41. The lowest BCUT2D eigenvalue weighted by Crippen LogP contribution is -2.37. The molecule has 2 aromatic rings. The maximum absolute atomic E-state index is 13.2. The number of hydrogen-bond acceptors (Lipinski definition) is 5. The molecule has 0 bridgehead atoms. The summed E-state index contributed by atoms with van der Waals surface area (Å²) in [6.07, 6.45) is 2.55. The molecule has 128 valence electrons. The van der Waals surface area contributed by atoms with E-state index in [0.717, 1.165) is 17.7 Å². The first-order valence-electron chi connectivity index (χ1n) is 8.23. The fraction of sp³-hybridized carbons (Fsp3) is 0.263. The molecular weight excluding hydrogens is 318 g/mol. The number of amides is 1. The van der Waals surface area contributed by atoms with Crippen LogP contribution in [0.15, 0.2) is 35.3 Å². The van der Waals surface area contributed by atoms with Gasteiger partial charge in [-0.25, -0.2) is 0 Å². The molecule has 6 heteroatoms. The molecule has 2 aliphatic rings. The Hall–Kier alpha value is -3.02. The molecule has 6 nitrogen and oxygen atoms in total. The van der Waals surface area contributed by atoms with E-state index in [4.69, 9.17) is 15.2 Å². The van der Waals surface area contributed by atoms with E-state index in [9.17, 15) is 4.79 Å². The summed E-state index contributed by atoms with van der Waals surface area (Å²) in [5, 5.41) is 0. The normalized spacial score (nSPS) is 17.6. The summed E-state index contributed by atoms with van der Waals surface area (Å²) in [5.74, 6) is 0.998. The van der Waals surface area contributed by atoms with Gasteiger partial charge >= 0.3 is 0 Å². The third-order valence-electron chi connectivity index (χ3n) is 4.55. The summed E-state index contributed by atoms with van der Waals surface area (Å²) in [5.41, 5.74) is 9.59. The number of benzene rings is 2. The zero-order chi connectivity index (χ0) is 17.6. The highest BCUT2D eigenvalue weighted by Crippen LogP contribution is 2.41. The van der Waals surface area contributed by atoms with Gasteiger partial charge in [-0.2, -0.15) is 0 Å². The summed E-state index contributed by atoms with van der Waals surface area (Å²) < 4.78 is 11.0. The van der Waals surface area contributed by atoms with Crippen molar-refractivity contribution in [3.8, 4) is 11.5 Å². The van der Waals surface area contributed by atoms with Crippen LogP contribution in [0.25, 0.3) is 0 Å². The van der Waals surface area contributed by atoms with Crippen molar-refractivity contribution in [1.29, 1.82) is 0 Å². The number of methoxy groups -OCH3 is 1. The van der Waals surface area contributed by atoms with E-state index >= 15 is 0 Å². The molecule has 0 aliphatic carbocycles. The molecule has 1 atom stereocenters. The number of carbonyl (C=O) groups excluding carboxylic acids is 1. The van der Waals surface area contributed by atoms with Gasteiger partial charge in [0.15, 0.2) is 11.5 Å². The highest BCUT2D eigenvalue weighted by Gasteiger charge is 2.36. The summed E-state index contributed by atoms with van der Waals surface area (Å²) in [4.78, 5) is 19.6. The van der Waals surface area contributed by atoms with Crippen molar-refractivity contribution in [2.45, 2.75) is 19.4 Å². The first kappa shape index (κ1) is 15.5. The van der Waals surface area contributed by atoms with E-state index in [1.54, 1.807) is 24.1 Å². The van der Waals surface area contributed by atoms with Crippen molar-refractivity contribution in [2.24, 2.45) is 4.99 Å². The summed E-state index contributed by atoms with van der Waals surface area (Å²) in [6, 6.07) is 9.02. The first-order chi connectivity index (χ1) is 12.1. The van der Waals surface area contributed by atoms with Gasteiger partial charge in [0, 0.05) is 24.4 Å². The third-order valence-corrected chi connectivity index (χ3v) is 4.55. The largest absolute Gasteiger partial charge is 0.493 e. The summed E-state index contributed by atoms with van der Waals surface area (Å²) >= 11 is 0. The van der Waals surface area contributed by atoms with Crippen LogP contribution in [0, 0.1) is 0 Å². The smallest absolute Gasteiger partial charge is 0.261 e. The second kappa shape index (κ2) is 5.81. The summed E-state index contributed by atoms with van der Waals surface area (Å²) in [6.45, 7) is 2.41. The fourth-order valence-corrected chi connectivity index (χ4v) is 3.40. The van der Waals surface area contributed by atoms with E-state index in [1.807, 2.05) is 31.3 Å². The molecule has 0 unspecified atom stereocenters. The van der Waals surface area contributed by atoms with Crippen molar-refractivity contribution in [3.63, 3.8) is 0 Å². The lowest BCUT2D eigenvalue weighted by atomic mass is 10.1. The Morgan fingerprint density at radius 1 is 1.28 bits per heavy atom. The van der Waals surface area contributed by atoms with Gasteiger partial charge in [-0.1, -0.05) is 6.07 Å². The van der Waals surface area contributed by atoms with Crippen molar-refractivity contribution >= 4 is 29.2 Å². The molecular formula is C19H19N3O3. The van der Waals surface area contributed by atoms with Gasteiger partial charge < -0.3 is 15.2 Å². The number of aliphatic imine (C=N–C) groups is 1. The highest BCUT2D eigenvalue weighted by molar-refractivity contribution is 6.15. The van der Waals surface area contributed by atoms with Gasteiger partial charge in [0.1, 0.15) is 0 Å². The second-order valence-corrected chi connectivity index (χ2v) is 6.07. The molecule has 2 aliphatic heterocycles. The number of anilines is 2. The van der Waals surface area contributed by atoms with E-state index in [0.29, 0.717) is 35.0 Å². The minimum Gasteiger partial charge on any atom is -0.493 e. The van der Waals surface area contributed by atoms with Crippen LogP contribution in [0.4, 0.5) is 17.1 Å². The predicted octanol–water partition coefficient (Wildman–Crippen LogP) is 2.96. The molecule has 0 saturated carbocycles. The molecule has 1 amide bonds. The van der Waals surface area contributed by atoms with Gasteiger partial charge in [-0.3, -0.25) is 14.7 Å². The van der Waals surface area contributed by atoms with E-state index < -0.39 is 0 Å². The average molecular weight is 337 g/mol. The quantitative estimate of drug-likeness (QED) is 0.874. The van der Waals surface area contributed by atoms with Crippen LogP contribution in [0.3, 0.4) is 0 Å². The maximum atomic E-state index is 13.2. The summed E-state index contributed by atoms with van der Waals surface area (Å²) in [7, 11) is 1.56. The number of nitrogens with two attached hydrogens (primary N) is 1. The second-order valence-electron chi connectivity index (χ2n) is 6.07. The molecule has 2 N–H and O–H groups in total. The zero-order valence-electron chi connectivity index (χ0n) is 14.2. The molecule has 0 fully saturated rings. The number of ether oxygens (including phenoxy) is 2.